The molecule has 0 radical (unpaired) electrons. The molecule has 3 aliphatic carbocycles. The van der Waals surface area contributed by atoms with Crippen LogP contribution >= 0.6 is 15.9 Å². The van der Waals surface area contributed by atoms with Crippen molar-refractivity contribution in [1.29, 1.82) is 0 Å². The van der Waals surface area contributed by atoms with Crippen molar-refractivity contribution in [2.75, 3.05) is 18.4 Å². The van der Waals surface area contributed by atoms with Crippen LogP contribution in [0.25, 0.3) is 5.78 Å². The second kappa shape index (κ2) is 9.11. The van der Waals surface area contributed by atoms with Gasteiger partial charge in [-0.25, -0.2) is 9.18 Å². The Morgan fingerprint density at radius 1 is 1.22 bits per heavy atom. The zero-order chi connectivity index (χ0) is 28.8. The molecular weight excluding hydrogens is 595 g/mol. The number of ether oxygens (including phenoxy) is 1. The average Bonchev–Trinajstić information content (AvgIpc) is 3.81. The number of amides is 2. The second-order valence-corrected chi connectivity index (χ2v) is 13.6. The van der Waals surface area contributed by atoms with Crippen molar-refractivity contribution in [3.8, 4) is 0 Å². The smallest absolute Gasteiger partial charge is 0.410 e. The Morgan fingerprint density at radius 2 is 1.95 bits per heavy atom. The van der Waals surface area contributed by atoms with Crippen LogP contribution in [0.5, 0.6) is 0 Å². The third-order valence-corrected chi connectivity index (χ3v) is 9.35. The molecule has 41 heavy (non-hydrogen) atoms. The van der Waals surface area contributed by atoms with Gasteiger partial charge in [0.1, 0.15) is 18.0 Å². The topological polar surface area (TPSA) is 111 Å². The van der Waals surface area contributed by atoms with E-state index in [1.54, 1.807) is 21.6 Å². The fourth-order valence-corrected chi connectivity index (χ4v) is 7.38. The number of rotatable bonds is 4. The number of piperidine rings is 1. The average molecular weight is 628 g/mol. The van der Waals surface area contributed by atoms with E-state index >= 15 is 0 Å². The highest BCUT2D eigenvalue weighted by atomic mass is 79.9. The Balaban J connectivity index is 1.20. The molecule has 0 bridgehead atoms. The van der Waals surface area contributed by atoms with Gasteiger partial charge in [0.05, 0.1) is 0 Å². The first-order valence-corrected chi connectivity index (χ1v) is 15.0. The number of anilines is 1. The molecule has 2 saturated carbocycles. The van der Waals surface area contributed by atoms with E-state index < -0.39 is 11.0 Å². The van der Waals surface area contributed by atoms with Gasteiger partial charge in [-0.3, -0.25) is 9.59 Å². The van der Waals surface area contributed by atoms with Gasteiger partial charge in [-0.2, -0.15) is 9.50 Å². The van der Waals surface area contributed by atoms with Crippen LogP contribution in [-0.4, -0.2) is 54.8 Å². The molecule has 12 heteroatoms. The number of carbonyl (C=O) groups excluding carboxylic acids is 2. The third-order valence-electron chi connectivity index (χ3n) is 9.02. The number of nitrogens with zero attached hydrogens (tertiary/aromatic N) is 5. The first kappa shape index (κ1) is 26.6. The Hall–Kier alpha value is -3.28. The van der Waals surface area contributed by atoms with E-state index in [-0.39, 0.29) is 52.4 Å². The van der Waals surface area contributed by atoms with Gasteiger partial charge in [-0.05, 0) is 98.3 Å². The van der Waals surface area contributed by atoms with E-state index in [4.69, 9.17) is 4.74 Å². The monoisotopic (exact) mass is 626 g/mol. The lowest BCUT2D eigenvalue weighted by Crippen LogP contribution is -2.49. The molecule has 0 unspecified atom stereocenters. The molecule has 1 aliphatic heterocycles. The molecule has 1 aromatic carbocycles. The van der Waals surface area contributed by atoms with Crippen molar-refractivity contribution in [2.45, 2.75) is 82.3 Å². The van der Waals surface area contributed by atoms with E-state index in [1.807, 2.05) is 20.8 Å². The molecule has 2 atom stereocenters. The molecule has 4 aliphatic rings. The first-order chi connectivity index (χ1) is 19.4. The van der Waals surface area contributed by atoms with Gasteiger partial charge in [0, 0.05) is 41.4 Å². The molecule has 2 aromatic heterocycles. The highest BCUT2D eigenvalue weighted by Crippen LogP contribution is 2.67. The minimum atomic E-state index is -0.584. The Bertz CT molecular complexity index is 1660. The summed E-state index contributed by atoms with van der Waals surface area (Å²) in [6, 6.07) is 4.85. The summed E-state index contributed by atoms with van der Waals surface area (Å²) in [5.74, 6) is 0.319. The maximum absolute atomic E-state index is 14.6. The molecule has 216 valence electrons. The number of hydrogen-bond donors (Lipinski definition) is 1. The molecule has 2 amide bonds. The number of fused-ring (bicyclic) bond motifs is 6. The Labute approximate surface area is 244 Å². The van der Waals surface area contributed by atoms with Gasteiger partial charge >= 0.3 is 6.09 Å². The lowest BCUT2D eigenvalue weighted by Gasteiger charge is -2.41. The van der Waals surface area contributed by atoms with E-state index in [2.05, 4.69) is 31.3 Å². The molecule has 3 aromatic rings. The lowest BCUT2D eigenvalue weighted by molar-refractivity contribution is -0.116. The summed E-state index contributed by atoms with van der Waals surface area (Å²) in [4.78, 5) is 46.1. The summed E-state index contributed by atoms with van der Waals surface area (Å²) in [5, 5.41) is 7.14. The standard InChI is InChI=1S/C29H32BrFN6O4/c1-28(2,3)41-27(40)35-10-8-29(9-11-35)19-13-18(19)23-22(29)24(39)37-26(33-25(30)34-37)36(23)14-21(38)32-16-6-7-17(15-4-5-15)20(31)12-16/h6-7,12,15,18-19H,4-5,8-11,13-14H2,1-3H3,(H,32,38)/t18-,19+/m0/s1. The van der Waals surface area contributed by atoms with Crippen LogP contribution < -0.4 is 10.9 Å². The zero-order valence-corrected chi connectivity index (χ0v) is 24.8. The van der Waals surface area contributed by atoms with Crippen molar-refractivity contribution in [1.82, 2.24) is 24.1 Å². The van der Waals surface area contributed by atoms with E-state index in [0.29, 0.717) is 48.5 Å². The zero-order valence-electron chi connectivity index (χ0n) is 23.2. The molecule has 3 heterocycles. The van der Waals surface area contributed by atoms with Gasteiger partial charge < -0.3 is 19.5 Å². The van der Waals surface area contributed by atoms with Crippen molar-refractivity contribution in [2.24, 2.45) is 5.92 Å². The quantitative estimate of drug-likeness (QED) is 0.450. The number of nitrogens with one attached hydrogen (secondary N) is 1. The fraction of sp³-hybridized carbons (Fsp3) is 0.552. The first-order valence-electron chi connectivity index (χ1n) is 14.2. The number of benzene rings is 1. The van der Waals surface area contributed by atoms with Crippen molar-refractivity contribution in [3.05, 3.63) is 55.9 Å². The minimum absolute atomic E-state index is 0.0907. The highest BCUT2D eigenvalue weighted by Gasteiger charge is 2.64. The fourth-order valence-electron chi connectivity index (χ4n) is 7.06. The maximum atomic E-state index is 14.6. The van der Waals surface area contributed by atoms with Crippen molar-refractivity contribution in [3.63, 3.8) is 0 Å². The minimum Gasteiger partial charge on any atom is -0.444 e. The summed E-state index contributed by atoms with van der Waals surface area (Å²) in [6.45, 7) is 6.42. The summed E-state index contributed by atoms with van der Waals surface area (Å²) in [5.41, 5.74) is 1.40. The Kier molecular flexibility index (Phi) is 5.91. The molecule has 10 nitrogen and oxygen atoms in total. The van der Waals surface area contributed by atoms with Crippen LogP contribution in [0.4, 0.5) is 14.9 Å². The molecule has 3 fully saturated rings. The van der Waals surface area contributed by atoms with Crippen LogP contribution in [0.1, 0.15) is 81.5 Å². The van der Waals surface area contributed by atoms with Crippen LogP contribution in [-0.2, 0) is 21.5 Å². The van der Waals surface area contributed by atoms with E-state index in [0.717, 1.165) is 25.0 Å². The van der Waals surface area contributed by atoms with Gasteiger partial charge in [0.25, 0.3) is 5.56 Å². The van der Waals surface area contributed by atoms with Gasteiger partial charge in [-0.1, -0.05) is 6.07 Å². The predicted molar refractivity (Wildman–Crippen MR) is 152 cm³/mol. The highest BCUT2D eigenvalue weighted by molar-refractivity contribution is 9.10. The second-order valence-electron chi connectivity index (χ2n) is 12.9. The van der Waals surface area contributed by atoms with Crippen LogP contribution in [0.3, 0.4) is 0 Å². The summed E-state index contributed by atoms with van der Waals surface area (Å²) >= 11 is 3.30. The number of likely N-dealkylation sites (tertiary alicyclic amines) is 1. The summed E-state index contributed by atoms with van der Waals surface area (Å²) in [6.07, 6.45) is 3.83. The lowest BCUT2D eigenvalue weighted by atomic mass is 9.71. The summed E-state index contributed by atoms with van der Waals surface area (Å²) in [7, 11) is 0. The molecular formula is C29H32BrFN6O4. The maximum Gasteiger partial charge on any atom is 0.410 e. The Morgan fingerprint density at radius 3 is 2.61 bits per heavy atom. The van der Waals surface area contributed by atoms with Crippen LogP contribution in [0.2, 0.25) is 0 Å². The number of halogens is 2. The van der Waals surface area contributed by atoms with Crippen LogP contribution in [0, 0.1) is 11.7 Å². The molecule has 1 spiro atoms. The van der Waals surface area contributed by atoms with E-state index in [1.165, 1.54) is 10.6 Å². The number of hydrogen-bond acceptors (Lipinski definition) is 6. The van der Waals surface area contributed by atoms with Crippen molar-refractivity contribution < 1.29 is 18.7 Å². The van der Waals surface area contributed by atoms with Crippen molar-refractivity contribution >= 4 is 39.4 Å². The molecule has 1 saturated heterocycles. The SMILES string of the molecule is CC(C)(C)OC(=O)N1CCC2(CC1)c1c(n(CC(=O)Nc3ccc(C4CC4)c(F)c3)c3nc(Br)nn3c1=O)[C@H]1C[C@H]12. The van der Waals surface area contributed by atoms with Crippen LogP contribution in [0.15, 0.2) is 27.7 Å². The molecule has 7 rings (SSSR count). The normalized spacial score (nSPS) is 22.5. The largest absolute Gasteiger partial charge is 0.444 e. The van der Waals surface area contributed by atoms with Gasteiger partial charge in [-0.15, -0.1) is 5.10 Å². The van der Waals surface area contributed by atoms with E-state index in [9.17, 15) is 18.8 Å². The van der Waals surface area contributed by atoms with Gasteiger partial charge in [0.2, 0.25) is 16.4 Å². The number of aromatic nitrogens is 4. The summed E-state index contributed by atoms with van der Waals surface area (Å²) < 4.78 is 23.5. The van der Waals surface area contributed by atoms with Gasteiger partial charge in [0.15, 0.2) is 0 Å². The number of carbonyl (C=O) groups is 2. The molecule has 1 N–H and O–H groups in total. The predicted octanol–water partition coefficient (Wildman–Crippen LogP) is 4.69. The third kappa shape index (κ3) is 4.45.